The van der Waals surface area contributed by atoms with Gasteiger partial charge in [0.15, 0.2) is 0 Å². The summed E-state index contributed by atoms with van der Waals surface area (Å²) in [6.45, 7) is 2.67. The van der Waals surface area contributed by atoms with Gasteiger partial charge >= 0.3 is 0 Å². The molecule has 70 valence electrons. The van der Waals surface area contributed by atoms with Gasteiger partial charge in [-0.3, -0.25) is 10.1 Å². The van der Waals surface area contributed by atoms with E-state index in [0.717, 1.165) is 12.4 Å². The van der Waals surface area contributed by atoms with Gasteiger partial charge < -0.3 is 10.2 Å². The average Bonchev–Trinajstić information content (AvgIpc) is 2.04. The summed E-state index contributed by atoms with van der Waals surface area (Å²) in [5.74, 6) is 0.786. The molecule has 5 nitrogen and oxygen atoms in total. The van der Waals surface area contributed by atoms with Crippen LogP contribution in [0.5, 0.6) is 0 Å². The van der Waals surface area contributed by atoms with Crippen LogP contribution in [0.3, 0.4) is 0 Å². The van der Waals surface area contributed by atoms with Crippen LogP contribution in [0.15, 0.2) is 11.9 Å². The standard InChI is InChI=1S/C7H15N3O2/c1-4-9(3)7(8-2)5-6-10(11)12/h5,8H,4,6H2,1-3H3/b7-5+. The minimum Gasteiger partial charge on any atom is -0.375 e. The van der Waals surface area contributed by atoms with Gasteiger partial charge in [0.2, 0.25) is 6.54 Å². The van der Waals surface area contributed by atoms with Crippen molar-refractivity contribution >= 4 is 0 Å². The summed E-state index contributed by atoms with van der Waals surface area (Å²) in [4.78, 5) is 11.6. The highest BCUT2D eigenvalue weighted by molar-refractivity contribution is 4.96. The van der Waals surface area contributed by atoms with Crippen molar-refractivity contribution in [2.24, 2.45) is 0 Å². The van der Waals surface area contributed by atoms with E-state index in [9.17, 15) is 10.1 Å². The third-order valence-electron chi connectivity index (χ3n) is 1.58. The normalized spacial score (nSPS) is 11.1. The van der Waals surface area contributed by atoms with E-state index in [1.54, 1.807) is 13.1 Å². The first-order valence-electron chi connectivity index (χ1n) is 3.82. The molecule has 0 bridgehead atoms. The lowest BCUT2D eigenvalue weighted by Crippen LogP contribution is -2.26. The Kier molecular flexibility index (Phi) is 4.83. The van der Waals surface area contributed by atoms with Crippen LogP contribution in [0, 0.1) is 10.1 Å². The van der Waals surface area contributed by atoms with Gasteiger partial charge in [0.1, 0.15) is 5.82 Å². The Bertz CT molecular complexity index is 179. The largest absolute Gasteiger partial charge is 0.375 e. The van der Waals surface area contributed by atoms with Crippen LogP contribution in [-0.2, 0) is 0 Å². The molecule has 5 heteroatoms. The molecular formula is C7H15N3O2. The van der Waals surface area contributed by atoms with Crippen molar-refractivity contribution in [1.82, 2.24) is 10.2 Å². The van der Waals surface area contributed by atoms with Crippen LogP contribution in [0.4, 0.5) is 0 Å². The summed E-state index contributed by atoms with van der Waals surface area (Å²) in [5, 5.41) is 12.9. The molecular weight excluding hydrogens is 158 g/mol. The van der Waals surface area contributed by atoms with E-state index in [1.165, 1.54) is 0 Å². The zero-order valence-electron chi connectivity index (χ0n) is 7.70. The van der Waals surface area contributed by atoms with Crippen molar-refractivity contribution < 1.29 is 4.92 Å². The van der Waals surface area contributed by atoms with Crippen LogP contribution in [0.25, 0.3) is 0 Å². The fraction of sp³-hybridized carbons (Fsp3) is 0.714. The molecule has 0 unspecified atom stereocenters. The predicted octanol–water partition coefficient (Wildman–Crippen LogP) is 0.276. The molecule has 0 atom stereocenters. The lowest BCUT2D eigenvalue weighted by atomic mass is 10.5. The van der Waals surface area contributed by atoms with E-state index >= 15 is 0 Å². The Balaban J connectivity index is 4.12. The molecule has 0 spiro atoms. The third kappa shape index (κ3) is 3.80. The Morgan fingerprint density at radius 3 is 2.67 bits per heavy atom. The van der Waals surface area contributed by atoms with Crippen molar-refractivity contribution in [3.63, 3.8) is 0 Å². The maximum Gasteiger partial charge on any atom is 0.225 e. The quantitative estimate of drug-likeness (QED) is 0.479. The van der Waals surface area contributed by atoms with Crippen LogP contribution in [0.1, 0.15) is 6.92 Å². The molecule has 0 fully saturated rings. The number of rotatable bonds is 5. The van der Waals surface area contributed by atoms with Crippen molar-refractivity contribution in [3.8, 4) is 0 Å². The number of nitro groups is 1. The van der Waals surface area contributed by atoms with Gasteiger partial charge in [0, 0.05) is 31.6 Å². The molecule has 12 heavy (non-hydrogen) atoms. The van der Waals surface area contributed by atoms with Crippen LogP contribution in [-0.4, -0.2) is 37.0 Å². The van der Waals surface area contributed by atoms with Gasteiger partial charge in [-0.15, -0.1) is 0 Å². The van der Waals surface area contributed by atoms with Crippen molar-refractivity contribution in [3.05, 3.63) is 22.0 Å². The molecule has 1 N–H and O–H groups in total. The zero-order chi connectivity index (χ0) is 9.56. The maximum absolute atomic E-state index is 10.0. The second-order valence-corrected chi connectivity index (χ2v) is 2.37. The lowest BCUT2D eigenvalue weighted by Gasteiger charge is -2.19. The Morgan fingerprint density at radius 2 is 2.33 bits per heavy atom. The number of hydrogen-bond acceptors (Lipinski definition) is 4. The molecule has 0 aromatic carbocycles. The molecule has 0 aromatic heterocycles. The summed E-state index contributed by atoms with van der Waals surface area (Å²) in [6.07, 6.45) is 1.56. The van der Waals surface area contributed by atoms with Crippen LogP contribution in [0.2, 0.25) is 0 Å². The molecule has 0 radical (unpaired) electrons. The van der Waals surface area contributed by atoms with Gasteiger partial charge in [-0.25, -0.2) is 0 Å². The fourth-order valence-corrected chi connectivity index (χ4v) is 0.780. The number of nitrogens with one attached hydrogen (secondary N) is 1. The molecule has 0 aromatic rings. The highest BCUT2D eigenvalue weighted by atomic mass is 16.6. The van der Waals surface area contributed by atoms with Gasteiger partial charge in [-0.1, -0.05) is 0 Å². The third-order valence-corrected chi connectivity index (χ3v) is 1.58. The van der Waals surface area contributed by atoms with Gasteiger partial charge in [-0.05, 0) is 6.92 Å². The van der Waals surface area contributed by atoms with E-state index in [1.807, 2.05) is 18.9 Å². The monoisotopic (exact) mass is 173 g/mol. The van der Waals surface area contributed by atoms with E-state index < -0.39 is 0 Å². The van der Waals surface area contributed by atoms with E-state index in [4.69, 9.17) is 0 Å². The average molecular weight is 173 g/mol. The smallest absolute Gasteiger partial charge is 0.225 e. The van der Waals surface area contributed by atoms with Gasteiger partial charge in [-0.2, -0.15) is 0 Å². The SMILES string of the molecule is CCN(C)/C(=C/C[N+](=O)[O-])NC. The highest BCUT2D eigenvalue weighted by Gasteiger charge is 2.00. The Hall–Kier alpha value is -1.26. The summed E-state index contributed by atoms with van der Waals surface area (Å²) in [7, 11) is 3.63. The van der Waals surface area contributed by atoms with Gasteiger partial charge in [0.05, 0.1) is 0 Å². The molecule has 0 aliphatic rings. The summed E-state index contributed by atoms with van der Waals surface area (Å²) < 4.78 is 0. The topological polar surface area (TPSA) is 58.4 Å². The Morgan fingerprint density at radius 1 is 1.75 bits per heavy atom. The van der Waals surface area contributed by atoms with Crippen molar-refractivity contribution in [2.75, 3.05) is 27.2 Å². The van der Waals surface area contributed by atoms with Crippen molar-refractivity contribution in [1.29, 1.82) is 0 Å². The second kappa shape index (κ2) is 5.40. The summed E-state index contributed by atoms with van der Waals surface area (Å²) in [5.41, 5.74) is 0. The summed E-state index contributed by atoms with van der Waals surface area (Å²) in [6, 6.07) is 0. The van der Waals surface area contributed by atoms with Crippen LogP contribution >= 0.6 is 0 Å². The van der Waals surface area contributed by atoms with Crippen LogP contribution < -0.4 is 5.32 Å². The predicted molar refractivity (Wildman–Crippen MR) is 47.3 cm³/mol. The van der Waals surface area contributed by atoms with Crippen molar-refractivity contribution in [2.45, 2.75) is 6.92 Å². The van der Waals surface area contributed by atoms with E-state index in [0.29, 0.717) is 0 Å². The Labute approximate surface area is 72.2 Å². The molecule has 0 heterocycles. The minimum absolute atomic E-state index is 0.138. The molecule has 0 rings (SSSR count). The fourth-order valence-electron chi connectivity index (χ4n) is 0.780. The molecule has 0 saturated heterocycles. The molecule has 0 amide bonds. The molecule has 0 aliphatic carbocycles. The maximum atomic E-state index is 10.0. The first-order valence-corrected chi connectivity index (χ1v) is 3.82. The van der Waals surface area contributed by atoms with E-state index in [-0.39, 0.29) is 11.5 Å². The first kappa shape index (κ1) is 10.7. The number of hydrogen-bond donors (Lipinski definition) is 1. The number of nitrogens with zero attached hydrogens (tertiary/aromatic N) is 2. The zero-order valence-corrected chi connectivity index (χ0v) is 7.70. The van der Waals surface area contributed by atoms with Gasteiger partial charge in [0.25, 0.3) is 0 Å². The minimum atomic E-state index is -0.360. The first-order chi connectivity index (χ1) is 5.61. The molecule has 0 saturated carbocycles. The highest BCUT2D eigenvalue weighted by Crippen LogP contribution is 1.94. The lowest BCUT2D eigenvalue weighted by molar-refractivity contribution is -0.468. The molecule has 0 aliphatic heterocycles. The van der Waals surface area contributed by atoms with E-state index in [2.05, 4.69) is 5.32 Å². The summed E-state index contributed by atoms with van der Waals surface area (Å²) >= 11 is 0. The second-order valence-electron chi connectivity index (χ2n) is 2.37.